The normalized spacial score (nSPS) is 26.3. The summed E-state index contributed by atoms with van der Waals surface area (Å²) < 4.78 is 19.0. The smallest absolute Gasteiger partial charge is 0.168 e. The Morgan fingerprint density at radius 2 is 2.15 bits per heavy atom. The summed E-state index contributed by atoms with van der Waals surface area (Å²) in [4.78, 5) is 12.3. The van der Waals surface area contributed by atoms with E-state index in [9.17, 15) is 9.18 Å². The number of rotatable bonds is 4. The van der Waals surface area contributed by atoms with Crippen molar-refractivity contribution in [3.63, 3.8) is 0 Å². The molecule has 20 heavy (non-hydrogen) atoms. The molecule has 0 N–H and O–H groups in total. The Hall–Kier alpha value is -0.680. The monoisotopic (exact) mass is 314 g/mol. The Labute approximate surface area is 127 Å². The van der Waals surface area contributed by atoms with Crippen LogP contribution in [-0.2, 0) is 11.2 Å². The fourth-order valence-corrected chi connectivity index (χ4v) is 4.99. The number of Topliss-reactive ketones (excluding diaryl/α,β-unsaturated/α-hetero) is 1. The van der Waals surface area contributed by atoms with Crippen molar-refractivity contribution in [3.05, 3.63) is 29.6 Å². The van der Waals surface area contributed by atoms with Crippen LogP contribution in [-0.4, -0.2) is 34.4 Å². The summed E-state index contributed by atoms with van der Waals surface area (Å²) in [5, 5.41) is 0.993. The standard InChI is InChI=1S/C15H19FO2S2/c1-9-10(2)20-14(8-19-9)12(17)7-11-5-4-6-13(18-3)15(11)16/h4-6,9-10,14H,7-8H2,1-3H3. The average Bonchev–Trinajstić information content (AvgIpc) is 2.44. The highest BCUT2D eigenvalue weighted by atomic mass is 32.2. The number of carbonyl (C=O) groups is 1. The molecule has 3 atom stereocenters. The van der Waals surface area contributed by atoms with Crippen molar-refractivity contribution >= 4 is 29.3 Å². The number of ketones is 1. The fraction of sp³-hybridized carbons (Fsp3) is 0.533. The molecule has 1 aliphatic heterocycles. The maximum absolute atomic E-state index is 14.0. The first-order valence-electron chi connectivity index (χ1n) is 6.64. The van der Waals surface area contributed by atoms with E-state index in [1.807, 2.05) is 11.8 Å². The van der Waals surface area contributed by atoms with Gasteiger partial charge in [0.1, 0.15) is 0 Å². The van der Waals surface area contributed by atoms with Crippen molar-refractivity contribution < 1.29 is 13.9 Å². The predicted octanol–water partition coefficient (Wildman–Crippen LogP) is 3.57. The van der Waals surface area contributed by atoms with E-state index in [0.717, 1.165) is 5.75 Å². The van der Waals surface area contributed by atoms with Crippen LogP contribution < -0.4 is 4.74 Å². The fourth-order valence-electron chi connectivity index (χ4n) is 2.10. The Balaban J connectivity index is 2.05. The number of benzene rings is 1. The molecule has 0 bridgehead atoms. The van der Waals surface area contributed by atoms with E-state index in [1.165, 1.54) is 7.11 Å². The van der Waals surface area contributed by atoms with Gasteiger partial charge in [0.2, 0.25) is 0 Å². The van der Waals surface area contributed by atoms with Crippen LogP contribution in [0.4, 0.5) is 4.39 Å². The van der Waals surface area contributed by atoms with Crippen LogP contribution in [0.25, 0.3) is 0 Å². The van der Waals surface area contributed by atoms with Gasteiger partial charge in [-0.3, -0.25) is 4.79 Å². The van der Waals surface area contributed by atoms with Crippen molar-refractivity contribution in [2.24, 2.45) is 0 Å². The summed E-state index contributed by atoms with van der Waals surface area (Å²) >= 11 is 3.54. The largest absolute Gasteiger partial charge is 0.494 e. The highest BCUT2D eigenvalue weighted by molar-refractivity contribution is 8.08. The zero-order valence-electron chi connectivity index (χ0n) is 11.9. The van der Waals surface area contributed by atoms with Crippen LogP contribution in [0.2, 0.25) is 0 Å². The Morgan fingerprint density at radius 1 is 1.40 bits per heavy atom. The lowest BCUT2D eigenvalue weighted by molar-refractivity contribution is -0.117. The first-order valence-corrected chi connectivity index (χ1v) is 8.63. The maximum atomic E-state index is 14.0. The third kappa shape index (κ3) is 3.50. The number of hydrogen-bond acceptors (Lipinski definition) is 4. The van der Waals surface area contributed by atoms with Crippen LogP contribution in [0.15, 0.2) is 18.2 Å². The van der Waals surface area contributed by atoms with E-state index < -0.39 is 5.82 Å². The molecule has 1 fully saturated rings. The van der Waals surface area contributed by atoms with Gasteiger partial charge in [-0.15, -0.1) is 11.8 Å². The van der Waals surface area contributed by atoms with E-state index in [1.54, 1.807) is 30.0 Å². The lowest BCUT2D eigenvalue weighted by atomic mass is 10.1. The molecule has 1 saturated heterocycles. The number of ether oxygens (including phenoxy) is 1. The molecule has 110 valence electrons. The van der Waals surface area contributed by atoms with Crippen LogP contribution in [0.5, 0.6) is 5.75 Å². The second kappa shape index (κ2) is 6.85. The Bertz CT molecular complexity index is 493. The first kappa shape index (κ1) is 15.7. The number of carbonyl (C=O) groups excluding carboxylic acids is 1. The minimum absolute atomic E-state index is 0.0307. The second-order valence-electron chi connectivity index (χ2n) is 4.94. The number of halogens is 1. The summed E-state index contributed by atoms with van der Waals surface area (Å²) in [6.45, 7) is 4.33. The predicted molar refractivity (Wildman–Crippen MR) is 84.4 cm³/mol. The molecule has 2 nitrogen and oxygen atoms in total. The maximum Gasteiger partial charge on any atom is 0.168 e. The van der Waals surface area contributed by atoms with Crippen LogP contribution in [0.1, 0.15) is 19.4 Å². The number of thioether (sulfide) groups is 2. The molecule has 1 heterocycles. The van der Waals surface area contributed by atoms with E-state index in [-0.39, 0.29) is 23.2 Å². The zero-order valence-corrected chi connectivity index (χ0v) is 13.5. The molecule has 0 aliphatic carbocycles. The van der Waals surface area contributed by atoms with Gasteiger partial charge in [-0.25, -0.2) is 4.39 Å². The van der Waals surface area contributed by atoms with Crippen LogP contribution >= 0.6 is 23.5 Å². The summed E-state index contributed by atoms with van der Waals surface area (Å²) in [5.41, 5.74) is 0.422. The quantitative estimate of drug-likeness (QED) is 0.849. The van der Waals surface area contributed by atoms with Crippen molar-refractivity contribution in [3.8, 4) is 5.75 Å². The molecule has 0 aromatic heterocycles. The average molecular weight is 314 g/mol. The molecule has 1 aromatic rings. The van der Waals surface area contributed by atoms with E-state index in [4.69, 9.17) is 4.74 Å². The van der Waals surface area contributed by atoms with E-state index in [0.29, 0.717) is 16.1 Å². The van der Waals surface area contributed by atoms with Crippen molar-refractivity contribution in [2.45, 2.75) is 36.0 Å². The van der Waals surface area contributed by atoms with Gasteiger partial charge in [0.15, 0.2) is 17.3 Å². The summed E-state index contributed by atoms with van der Waals surface area (Å²) in [7, 11) is 1.43. The molecule has 3 unspecified atom stereocenters. The summed E-state index contributed by atoms with van der Waals surface area (Å²) in [5.74, 6) is 0.704. The molecule has 0 radical (unpaired) electrons. The number of methoxy groups -OCH3 is 1. The van der Waals surface area contributed by atoms with E-state index in [2.05, 4.69) is 13.8 Å². The molecule has 0 amide bonds. The van der Waals surface area contributed by atoms with Crippen LogP contribution in [0, 0.1) is 5.82 Å². The molecule has 1 aromatic carbocycles. The summed E-state index contributed by atoms with van der Waals surface area (Å²) in [6, 6.07) is 4.94. The summed E-state index contributed by atoms with van der Waals surface area (Å²) in [6.07, 6.45) is 0.141. The van der Waals surface area contributed by atoms with Gasteiger partial charge in [-0.2, -0.15) is 11.8 Å². The lowest BCUT2D eigenvalue weighted by Gasteiger charge is -2.30. The molecule has 0 saturated carbocycles. The second-order valence-corrected chi connectivity index (χ2v) is 7.94. The molecular weight excluding hydrogens is 295 g/mol. The van der Waals surface area contributed by atoms with Gasteiger partial charge in [-0.1, -0.05) is 26.0 Å². The molecule has 5 heteroatoms. The molecule has 0 spiro atoms. The topological polar surface area (TPSA) is 26.3 Å². The van der Waals surface area contributed by atoms with Crippen molar-refractivity contribution in [1.29, 1.82) is 0 Å². The molecular formula is C15H19FO2S2. The van der Waals surface area contributed by atoms with E-state index >= 15 is 0 Å². The first-order chi connectivity index (χ1) is 9.52. The Kier molecular flexibility index (Phi) is 5.38. The molecule has 2 rings (SSSR count). The van der Waals surface area contributed by atoms with Gasteiger partial charge in [-0.05, 0) is 11.6 Å². The minimum atomic E-state index is -0.418. The van der Waals surface area contributed by atoms with Gasteiger partial charge < -0.3 is 4.74 Å². The Morgan fingerprint density at radius 3 is 2.80 bits per heavy atom. The van der Waals surface area contributed by atoms with Gasteiger partial charge >= 0.3 is 0 Å². The third-order valence-electron chi connectivity index (χ3n) is 3.54. The highest BCUT2D eigenvalue weighted by Crippen LogP contribution is 2.36. The van der Waals surface area contributed by atoms with Gasteiger partial charge in [0.25, 0.3) is 0 Å². The van der Waals surface area contributed by atoms with Gasteiger partial charge in [0, 0.05) is 22.7 Å². The zero-order chi connectivity index (χ0) is 14.7. The van der Waals surface area contributed by atoms with Crippen LogP contribution in [0.3, 0.4) is 0 Å². The minimum Gasteiger partial charge on any atom is -0.494 e. The number of hydrogen-bond donors (Lipinski definition) is 0. The van der Waals surface area contributed by atoms with Crippen molar-refractivity contribution in [1.82, 2.24) is 0 Å². The lowest BCUT2D eigenvalue weighted by Crippen LogP contribution is -2.32. The SMILES string of the molecule is COc1cccc(CC(=O)C2CSC(C)C(C)S2)c1F. The van der Waals surface area contributed by atoms with Gasteiger partial charge in [0.05, 0.1) is 12.4 Å². The third-order valence-corrected chi connectivity index (χ3v) is 6.98. The highest BCUT2D eigenvalue weighted by Gasteiger charge is 2.30. The molecule has 1 aliphatic rings. The van der Waals surface area contributed by atoms with Crippen molar-refractivity contribution in [2.75, 3.05) is 12.9 Å².